The molecule has 0 heterocycles. The topological polar surface area (TPSA) is 82.1 Å². The van der Waals surface area contributed by atoms with E-state index >= 15 is 0 Å². The number of carboxylic acid groups (broad SMARTS) is 1. The second kappa shape index (κ2) is 11.8. The van der Waals surface area contributed by atoms with Crippen LogP contribution in [0.5, 0.6) is 5.75 Å². The molecule has 0 aromatic heterocycles. The Labute approximate surface area is 215 Å². The van der Waals surface area contributed by atoms with Gasteiger partial charge in [0.1, 0.15) is 5.75 Å². The van der Waals surface area contributed by atoms with Gasteiger partial charge in [-0.1, -0.05) is 39.0 Å². The second-order valence-electron chi connectivity index (χ2n) is 11.0. The third-order valence-electron chi connectivity index (χ3n) is 6.95. The molecule has 1 fully saturated rings. The van der Waals surface area contributed by atoms with E-state index in [2.05, 4.69) is 32.2 Å². The van der Waals surface area contributed by atoms with Crippen molar-refractivity contribution in [1.82, 2.24) is 10.2 Å². The third-order valence-corrected chi connectivity index (χ3v) is 6.95. The maximum absolute atomic E-state index is 11.8. The zero-order valence-corrected chi connectivity index (χ0v) is 22.5. The summed E-state index contributed by atoms with van der Waals surface area (Å²) in [4.78, 5) is 26.7. The van der Waals surface area contributed by atoms with Crippen LogP contribution in [0.1, 0.15) is 58.9 Å². The van der Waals surface area contributed by atoms with Gasteiger partial charge in [-0.15, -0.1) is 0 Å². The molecular formula is C29H41N3O4. The number of methoxy groups -OCH3 is 1. The van der Waals surface area contributed by atoms with E-state index in [4.69, 9.17) is 4.74 Å². The van der Waals surface area contributed by atoms with Gasteiger partial charge in [0.25, 0.3) is 0 Å². The highest BCUT2D eigenvalue weighted by molar-refractivity contribution is 5.91. The highest BCUT2D eigenvalue weighted by Gasteiger charge is 2.31. The molecule has 7 heteroatoms. The van der Waals surface area contributed by atoms with Crippen molar-refractivity contribution in [2.24, 2.45) is 5.41 Å². The standard InChI is InChI=1S/C29H41N3O4/c1-20(33)31(5)25-12-7-21(8-13-25)22-9-16-27(36-6)23(17-22)18-30-24-10-14-26(15-11-24)32(28(34)35)19-29(2,3)4/h7-9,12-13,16-17,24,26,30H,10-11,14-15,18-19H2,1-6H3,(H,34,35). The van der Waals surface area contributed by atoms with E-state index in [0.29, 0.717) is 19.1 Å². The molecule has 0 unspecified atom stereocenters. The molecule has 7 nitrogen and oxygen atoms in total. The van der Waals surface area contributed by atoms with Gasteiger partial charge in [-0.25, -0.2) is 4.79 Å². The van der Waals surface area contributed by atoms with Crippen LogP contribution in [-0.4, -0.2) is 54.8 Å². The number of benzene rings is 2. The van der Waals surface area contributed by atoms with Gasteiger partial charge in [-0.05, 0) is 66.5 Å². The number of nitrogens with one attached hydrogen (secondary N) is 1. The molecule has 0 bridgehead atoms. The van der Waals surface area contributed by atoms with E-state index in [9.17, 15) is 14.7 Å². The minimum absolute atomic E-state index is 0.000498. The maximum Gasteiger partial charge on any atom is 0.407 e. The van der Waals surface area contributed by atoms with Gasteiger partial charge >= 0.3 is 6.09 Å². The lowest BCUT2D eigenvalue weighted by Crippen LogP contribution is -2.47. The van der Waals surface area contributed by atoms with Gasteiger partial charge in [-0.3, -0.25) is 4.79 Å². The van der Waals surface area contributed by atoms with E-state index in [-0.39, 0.29) is 17.4 Å². The average Bonchev–Trinajstić information content (AvgIpc) is 2.85. The van der Waals surface area contributed by atoms with Crippen molar-refractivity contribution < 1.29 is 19.4 Å². The predicted molar refractivity (Wildman–Crippen MR) is 145 cm³/mol. The van der Waals surface area contributed by atoms with Crippen LogP contribution in [0.4, 0.5) is 10.5 Å². The highest BCUT2D eigenvalue weighted by Crippen LogP contribution is 2.30. The first-order valence-corrected chi connectivity index (χ1v) is 12.7. The summed E-state index contributed by atoms with van der Waals surface area (Å²) in [6.07, 6.45) is 2.83. The number of ether oxygens (including phenoxy) is 1. The van der Waals surface area contributed by atoms with Crippen molar-refractivity contribution in [1.29, 1.82) is 0 Å². The summed E-state index contributed by atoms with van der Waals surface area (Å²) in [6.45, 7) is 9.03. The van der Waals surface area contributed by atoms with Gasteiger partial charge in [0.2, 0.25) is 5.91 Å². The smallest absolute Gasteiger partial charge is 0.407 e. The fourth-order valence-electron chi connectivity index (χ4n) is 4.87. The van der Waals surface area contributed by atoms with Gasteiger partial charge in [-0.2, -0.15) is 0 Å². The molecule has 2 N–H and O–H groups in total. The van der Waals surface area contributed by atoms with Crippen LogP contribution in [0, 0.1) is 5.41 Å². The summed E-state index contributed by atoms with van der Waals surface area (Å²) < 4.78 is 5.62. The molecule has 3 rings (SSSR count). The Morgan fingerprint density at radius 2 is 1.64 bits per heavy atom. The maximum atomic E-state index is 11.8. The predicted octanol–water partition coefficient (Wildman–Crippen LogP) is 5.77. The lowest BCUT2D eigenvalue weighted by atomic mass is 9.88. The van der Waals surface area contributed by atoms with E-state index in [1.165, 1.54) is 0 Å². The molecule has 1 aliphatic carbocycles. The van der Waals surface area contributed by atoms with Gasteiger partial charge < -0.3 is 25.0 Å². The number of anilines is 1. The largest absolute Gasteiger partial charge is 0.496 e. The number of nitrogens with zero attached hydrogens (tertiary/aromatic N) is 2. The van der Waals surface area contributed by atoms with E-state index in [1.54, 1.807) is 30.9 Å². The molecule has 2 amide bonds. The van der Waals surface area contributed by atoms with Crippen molar-refractivity contribution >= 4 is 17.7 Å². The van der Waals surface area contributed by atoms with Crippen molar-refractivity contribution in [2.75, 3.05) is 25.6 Å². The Hall–Kier alpha value is -3.06. The second-order valence-corrected chi connectivity index (χ2v) is 11.0. The number of hydrogen-bond acceptors (Lipinski definition) is 4. The molecular weight excluding hydrogens is 454 g/mol. The molecule has 2 aromatic rings. The summed E-state index contributed by atoms with van der Waals surface area (Å²) in [5.74, 6) is 0.842. The van der Waals surface area contributed by atoms with Crippen LogP contribution in [-0.2, 0) is 11.3 Å². The summed E-state index contributed by atoms with van der Waals surface area (Å²) in [5, 5.41) is 13.4. The van der Waals surface area contributed by atoms with Crippen molar-refractivity contribution in [3.05, 3.63) is 48.0 Å². The number of rotatable bonds is 8. The monoisotopic (exact) mass is 495 g/mol. The van der Waals surface area contributed by atoms with Crippen LogP contribution < -0.4 is 15.0 Å². The Morgan fingerprint density at radius 3 is 2.17 bits per heavy atom. The van der Waals surface area contributed by atoms with Crippen LogP contribution in [0.25, 0.3) is 11.1 Å². The van der Waals surface area contributed by atoms with E-state index < -0.39 is 6.09 Å². The van der Waals surface area contributed by atoms with Crippen molar-refractivity contribution in [3.63, 3.8) is 0 Å². The molecule has 196 valence electrons. The molecule has 0 spiro atoms. The zero-order valence-electron chi connectivity index (χ0n) is 22.5. The minimum atomic E-state index is -0.816. The first kappa shape index (κ1) is 27.5. The Kier molecular flexibility index (Phi) is 9.01. The minimum Gasteiger partial charge on any atom is -0.496 e. The first-order valence-electron chi connectivity index (χ1n) is 12.7. The fourth-order valence-corrected chi connectivity index (χ4v) is 4.87. The fraction of sp³-hybridized carbons (Fsp3) is 0.517. The highest BCUT2D eigenvalue weighted by atomic mass is 16.5. The SMILES string of the molecule is COc1ccc(-c2ccc(N(C)C(C)=O)cc2)cc1CNC1CCC(N(CC(C)(C)C)C(=O)O)CC1. The van der Waals surface area contributed by atoms with E-state index in [1.807, 2.05) is 36.4 Å². The van der Waals surface area contributed by atoms with Crippen LogP contribution in [0.2, 0.25) is 0 Å². The first-order chi connectivity index (χ1) is 17.0. The molecule has 0 saturated heterocycles. The molecule has 2 aromatic carbocycles. The van der Waals surface area contributed by atoms with Gasteiger partial charge in [0.15, 0.2) is 0 Å². The molecule has 1 saturated carbocycles. The van der Waals surface area contributed by atoms with Crippen molar-refractivity contribution in [2.45, 2.75) is 72.0 Å². The third kappa shape index (κ3) is 7.23. The zero-order chi connectivity index (χ0) is 26.5. The summed E-state index contributed by atoms with van der Waals surface area (Å²) >= 11 is 0. The van der Waals surface area contributed by atoms with Crippen LogP contribution in [0.15, 0.2) is 42.5 Å². The number of carbonyl (C=O) groups excluding carboxylic acids is 1. The van der Waals surface area contributed by atoms with E-state index in [0.717, 1.165) is 53.8 Å². The molecule has 0 aliphatic heterocycles. The molecule has 0 radical (unpaired) electrons. The van der Waals surface area contributed by atoms with Crippen LogP contribution in [0.3, 0.4) is 0 Å². The summed E-state index contributed by atoms with van der Waals surface area (Å²) in [6, 6.07) is 14.6. The number of amides is 2. The van der Waals surface area contributed by atoms with Crippen LogP contribution >= 0.6 is 0 Å². The normalized spacial score (nSPS) is 17.9. The Morgan fingerprint density at radius 1 is 1.03 bits per heavy atom. The molecule has 1 aliphatic rings. The lowest BCUT2D eigenvalue weighted by Gasteiger charge is -2.38. The average molecular weight is 496 g/mol. The Balaban J connectivity index is 1.63. The van der Waals surface area contributed by atoms with Gasteiger partial charge in [0, 0.05) is 50.4 Å². The number of hydrogen-bond donors (Lipinski definition) is 2. The van der Waals surface area contributed by atoms with Gasteiger partial charge in [0.05, 0.1) is 7.11 Å². The quantitative estimate of drug-likeness (QED) is 0.486. The summed E-state index contributed by atoms with van der Waals surface area (Å²) in [7, 11) is 3.46. The Bertz CT molecular complexity index is 1040. The molecule has 0 atom stereocenters. The molecule has 36 heavy (non-hydrogen) atoms. The number of carbonyl (C=O) groups is 2. The van der Waals surface area contributed by atoms with Crippen molar-refractivity contribution in [3.8, 4) is 16.9 Å². The lowest BCUT2D eigenvalue weighted by molar-refractivity contribution is -0.116. The summed E-state index contributed by atoms with van der Waals surface area (Å²) in [5.41, 5.74) is 4.06.